The maximum atomic E-state index is 12.6. The largest absolute Gasteiger partial charge is 0.492 e. The highest BCUT2D eigenvalue weighted by atomic mass is 16.5. The lowest BCUT2D eigenvalue weighted by molar-refractivity contribution is -0.123. The Bertz CT molecular complexity index is 763. The molecule has 25 heavy (non-hydrogen) atoms. The van der Waals surface area contributed by atoms with E-state index in [9.17, 15) is 9.59 Å². The first kappa shape index (κ1) is 15.7. The molecule has 2 aromatic rings. The smallest absolute Gasteiger partial charge is 0.257 e. The monoisotopic (exact) mass is 340 g/mol. The quantitative estimate of drug-likeness (QED) is 0.930. The van der Waals surface area contributed by atoms with Crippen LogP contribution in [-0.4, -0.2) is 42.5 Å². The molecule has 4 rings (SSSR count). The number of piperidine rings is 1. The third-order valence-electron chi connectivity index (χ3n) is 4.91. The van der Waals surface area contributed by atoms with Crippen LogP contribution in [0.1, 0.15) is 34.7 Å². The molecule has 1 atom stereocenters. The van der Waals surface area contributed by atoms with E-state index in [1.807, 2.05) is 29.2 Å². The minimum atomic E-state index is -0.248. The van der Waals surface area contributed by atoms with Crippen LogP contribution in [0.2, 0.25) is 0 Å². The number of nitrogens with zero attached hydrogens (tertiary/aromatic N) is 1. The number of para-hydroxylation sites is 1. The molecule has 0 saturated carbocycles. The van der Waals surface area contributed by atoms with Crippen molar-refractivity contribution in [3.05, 3.63) is 54.0 Å². The predicted molar refractivity (Wildman–Crippen MR) is 90.5 cm³/mol. The van der Waals surface area contributed by atoms with Gasteiger partial charge in [-0.3, -0.25) is 9.59 Å². The van der Waals surface area contributed by atoms with Gasteiger partial charge >= 0.3 is 0 Å². The van der Waals surface area contributed by atoms with Crippen LogP contribution in [-0.2, 0) is 4.79 Å². The van der Waals surface area contributed by atoms with E-state index in [-0.39, 0.29) is 23.8 Å². The number of carbonyl (C=O) groups excluding carboxylic acids is 2. The van der Waals surface area contributed by atoms with Gasteiger partial charge in [-0.1, -0.05) is 18.2 Å². The van der Waals surface area contributed by atoms with Crippen LogP contribution in [0.4, 0.5) is 0 Å². The summed E-state index contributed by atoms with van der Waals surface area (Å²) in [4.78, 5) is 26.7. The van der Waals surface area contributed by atoms with E-state index in [1.54, 1.807) is 6.07 Å². The van der Waals surface area contributed by atoms with Crippen molar-refractivity contribution in [1.29, 1.82) is 0 Å². The zero-order valence-electron chi connectivity index (χ0n) is 13.8. The van der Waals surface area contributed by atoms with Gasteiger partial charge in [0, 0.05) is 24.7 Å². The first-order valence-corrected chi connectivity index (χ1v) is 8.56. The highest BCUT2D eigenvalue weighted by Crippen LogP contribution is 2.33. The molecule has 3 heterocycles. The Morgan fingerprint density at radius 1 is 1.12 bits per heavy atom. The van der Waals surface area contributed by atoms with Gasteiger partial charge in [-0.2, -0.15) is 0 Å². The molecule has 6 nitrogen and oxygen atoms in total. The Hall–Kier alpha value is -2.76. The van der Waals surface area contributed by atoms with Crippen LogP contribution in [0.15, 0.2) is 47.3 Å². The average molecular weight is 340 g/mol. The summed E-state index contributed by atoms with van der Waals surface area (Å²) in [7, 11) is 0. The number of ether oxygens (including phenoxy) is 1. The second-order valence-corrected chi connectivity index (χ2v) is 6.49. The van der Waals surface area contributed by atoms with Crippen molar-refractivity contribution in [1.82, 2.24) is 10.2 Å². The minimum absolute atomic E-state index is 0.00422. The summed E-state index contributed by atoms with van der Waals surface area (Å²) in [6, 6.07) is 9.43. The van der Waals surface area contributed by atoms with Crippen molar-refractivity contribution in [2.75, 3.05) is 19.7 Å². The number of hydrogen-bond acceptors (Lipinski definition) is 4. The molecule has 0 aliphatic carbocycles. The van der Waals surface area contributed by atoms with Gasteiger partial charge in [0.15, 0.2) is 0 Å². The van der Waals surface area contributed by atoms with Gasteiger partial charge < -0.3 is 19.4 Å². The highest BCUT2D eigenvalue weighted by molar-refractivity contribution is 5.94. The molecule has 0 bridgehead atoms. The average Bonchev–Trinajstić information content (AvgIpc) is 3.31. The summed E-state index contributed by atoms with van der Waals surface area (Å²) >= 11 is 0. The van der Waals surface area contributed by atoms with Crippen molar-refractivity contribution in [2.45, 2.75) is 24.8 Å². The number of benzene rings is 1. The Labute approximate surface area is 145 Å². The van der Waals surface area contributed by atoms with Crippen molar-refractivity contribution in [3.8, 4) is 5.75 Å². The first-order valence-electron chi connectivity index (χ1n) is 8.56. The number of hydrogen-bond donors (Lipinski definition) is 1. The molecular formula is C19H20N2O4. The van der Waals surface area contributed by atoms with Crippen LogP contribution in [0.25, 0.3) is 0 Å². The van der Waals surface area contributed by atoms with E-state index in [2.05, 4.69) is 5.32 Å². The van der Waals surface area contributed by atoms with Gasteiger partial charge in [0.25, 0.3) is 5.91 Å². The molecule has 2 aliphatic heterocycles. The van der Waals surface area contributed by atoms with Gasteiger partial charge in [-0.05, 0) is 25.0 Å². The first-order chi connectivity index (χ1) is 12.2. The van der Waals surface area contributed by atoms with E-state index in [4.69, 9.17) is 9.15 Å². The van der Waals surface area contributed by atoms with Gasteiger partial charge in [0.2, 0.25) is 5.91 Å². The Kier molecular flexibility index (Phi) is 4.17. The normalized spacial score (nSPS) is 20.0. The fourth-order valence-electron chi connectivity index (χ4n) is 3.48. The number of amides is 2. The van der Waals surface area contributed by atoms with Crippen molar-refractivity contribution < 1.29 is 18.7 Å². The fraction of sp³-hybridized carbons (Fsp3) is 0.368. The summed E-state index contributed by atoms with van der Waals surface area (Å²) in [5.41, 5.74) is 1.52. The van der Waals surface area contributed by atoms with Gasteiger partial charge in [0.1, 0.15) is 24.5 Å². The van der Waals surface area contributed by atoms with Crippen LogP contribution in [0.3, 0.4) is 0 Å². The Balaban J connectivity index is 1.32. The van der Waals surface area contributed by atoms with Crippen molar-refractivity contribution in [2.24, 2.45) is 0 Å². The maximum absolute atomic E-state index is 12.6. The summed E-state index contributed by atoms with van der Waals surface area (Å²) in [5, 5.41) is 3.12. The molecule has 1 fully saturated rings. The van der Waals surface area contributed by atoms with Crippen LogP contribution in [0, 0.1) is 0 Å². The second kappa shape index (κ2) is 6.63. The molecule has 1 aromatic carbocycles. The zero-order chi connectivity index (χ0) is 17.2. The molecule has 1 aromatic heterocycles. The third-order valence-corrected chi connectivity index (χ3v) is 4.91. The number of rotatable bonds is 3. The van der Waals surface area contributed by atoms with E-state index in [0.717, 1.165) is 24.2 Å². The molecule has 1 N–H and O–H groups in total. The molecule has 0 unspecified atom stereocenters. The van der Waals surface area contributed by atoms with E-state index in [0.29, 0.717) is 25.3 Å². The molecule has 130 valence electrons. The summed E-state index contributed by atoms with van der Waals surface area (Å²) in [6.45, 7) is 1.66. The van der Waals surface area contributed by atoms with E-state index < -0.39 is 0 Å². The lowest BCUT2D eigenvalue weighted by Crippen LogP contribution is -2.47. The predicted octanol–water partition coefficient (Wildman–Crippen LogP) is 2.18. The molecule has 2 amide bonds. The number of fused-ring (bicyclic) bond motifs is 1. The van der Waals surface area contributed by atoms with Crippen LogP contribution >= 0.6 is 0 Å². The lowest BCUT2D eigenvalue weighted by Gasteiger charge is -2.32. The lowest BCUT2D eigenvalue weighted by atomic mass is 9.98. The Morgan fingerprint density at radius 2 is 1.92 bits per heavy atom. The number of likely N-dealkylation sites (tertiary alicyclic amines) is 1. The van der Waals surface area contributed by atoms with Crippen molar-refractivity contribution in [3.63, 3.8) is 0 Å². The maximum Gasteiger partial charge on any atom is 0.257 e. The summed E-state index contributed by atoms with van der Waals surface area (Å²) in [5.74, 6) is 0.533. The molecular weight excluding hydrogens is 320 g/mol. The number of carbonyl (C=O) groups is 2. The van der Waals surface area contributed by atoms with Gasteiger partial charge in [0.05, 0.1) is 11.8 Å². The minimum Gasteiger partial charge on any atom is -0.492 e. The van der Waals surface area contributed by atoms with E-state index in [1.165, 1.54) is 12.5 Å². The molecule has 1 saturated heterocycles. The standard InChI is InChI=1S/C19H20N2O4/c22-18(16-12-25-17-4-2-1-3-15(16)17)20-14-5-8-21(9-6-14)19(23)13-7-10-24-11-13/h1-4,7,10-11,14,16H,5-6,8-9,12H2,(H,20,22)/t16-/m0/s1. The third kappa shape index (κ3) is 3.12. The van der Waals surface area contributed by atoms with Crippen LogP contribution in [0.5, 0.6) is 5.75 Å². The molecule has 6 heteroatoms. The van der Waals surface area contributed by atoms with Gasteiger partial charge in [-0.25, -0.2) is 0 Å². The molecule has 0 radical (unpaired) electrons. The fourth-order valence-corrected chi connectivity index (χ4v) is 3.48. The topological polar surface area (TPSA) is 71.8 Å². The highest BCUT2D eigenvalue weighted by Gasteiger charge is 2.32. The second-order valence-electron chi connectivity index (χ2n) is 6.49. The zero-order valence-corrected chi connectivity index (χ0v) is 13.8. The molecule has 2 aliphatic rings. The van der Waals surface area contributed by atoms with E-state index >= 15 is 0 Å². The number of nitrogens with one attached hydrogen (secondary N) is 1. The van der Waals surface area contributed by atoms with Crippen molar-refractivity contribution >= 4 is 11.8 Å². The van der Waals surface area contributed by atoms with Gasteiger partial charge in [-0.15, -0.1) is 0 Å². The number of furan rings is 1. The van der Waals surface area contributed by atoms with Crippen LogP contribution < -0.4 is 10.1 Å². The molecule has 0 spiro atoms. The Morgan fingerprint density at radius 3 is 2.68 bits per heavy atom. The summed E-state index contributed by atoms with van der Waals surface area (Å²) in [6.07, 6.45) is 4.48. The SMILES string of the molecule is O=C(NC1CCN(C(=O)c2ccoc2)CC1)[C@H]1COc2ccccc21. The summed E-state index contributed by atoms with van der Waals surface area (Å²) < 4.78 is 10.6.